The summed E-state index contributed by atoms with van der Waals surface area (Å²) >= 11 is 0. The highest BCUT2D eigenvalue weighted by molar-refractivity contribution is 7.89. The van der Waals surface area contributed by atoms with Crippen molar-refractivity contribution in [3.8, 4) is 6.07 Å². The lowest BCUT2D eigenvalue weighted by Gasteiger charge is -2.00. The molecular weight excluding hydrogens is 188 g/mol. The maximum Gasteiger partial charge on any atom is 0.331 e. The van der Waals surface area contributed by atoms with Gasteiger partial charge in [-0.25, -0.2) is 13.2 Å². The molecule has 0 fully saturated rings. The molecule has 0 rings (SSSR count). The van der Waals surface area contributed by atoms with Crippen LogP contribution >= 0.6 is 0 Å². The zero-order valence-electron chi connectivity index (χ0n) is 5.85. The maximum absolute atomic E-state index is 10.6. The fraction of sp³-hybridized carbons (Fsp3) is 0.500. The van der Waals surface area contributed by atoms with Crippen molar-refractivity contribution in [2.24, 2.45) is 0 Å². The first-order valence-corrected chi connectivity index (χ1v) is 4.33. The van der Waals surface area contributed by atoms with Crippen LogP contribution in [0, 0.1) is 11.3 Å². The van der Waals surface area contributed by atoms with Gasteiger partial charge in [0.15, 0.2) is 12.4 Å². The van der Waals surface area contributed by atoms with Crippen LogP contribution in [0.5, 0.6) is 0 Å². The van der Waals surface area contributed by atoms with Crippen molar-refractivity contribution in [2.45, 2.75) is 0 Å². The van der Waals surface area contributed by atoms with Crippen LogP contribution in [0.1, 0.15) is 0 Å². The summed E-state index contributed by atoms with van der Waals surface area (Å²) in [6.45, 7) is -0.787. The van der Waals surface area contributed by atoms with Crippen LogP contribution < -0.4 is 4.89 Å². The van der Waals surface area contributed by atoms with Gasteiger partial charge in [0.1, 0.15) is 0 Å². The first-order valence-electron chi connectivity index (χ1n) is 2.68. The summed E-state index contributed by atoms with van der Waals surface area (Å²) < 4.78 is 21.1. The van der Waals surface area contributed by atoms with Crippen molar-refractivity contribution in [2.75, 3.05) is 12.4 Å². The summed E-state index contributed by atoms with van der Waals surface area (Å²) in [7, 11) is -3.82. The second kappa shape index (κ2) is 4.66. The number of nitrogens with one attached hydrogen (secondary N) is 1. The Hall–Kier alpha value is -1.17. The van der Waals surface area contributed by atoms with Gasteiger partial charge in [0, 0.05) is 0 Å². The zero-order chi connectivity index (χ0) is 9.61. The molecular formula is C4H6N2O5S. The summed E-state index contributed by atoms with van der Waals surface area (Å²) in [6.07, 6.45) is 0. The normalized spacial score (nSPS) is 10.6. The summed E-state index contributed by atoms with van der Waals surface area (Å²) in [6, 6.07) is 1.37. The number of rotatable bonds is 5. The van der Waals surface area contributed by atoms with Crippen molar-refractivity contribution in [1.29, 1.82) is 5.26 Å². The minimum Gasteiger partial charge on any atom is -0.479 e. The molecule has 0 saturated carbocycles. The monoisotopic (exact) mass is 194 g/mol. The van der Waals surface area contributed by atoms with Gasteiger partial charge in [-0.3, -0.25) is 4.84 Å². The summed E-state index contributed by atoms with van der Waals surface area (Å²) in [4.78, 5) is 15.3. The summed E-state index contributed by atoms with van der Waals surface area (Å²) in [5.41, 5.74) is 0. The van der Waals surface area contributed by atoms with Gasteiger partial charge < -0.3 is 5.11 Å². The molecule has 0 saturated heterocycles. The Kier molecular flexibility index (Phi) is 4.20. The largest absolute Gasteiger partial charge is 0.479 e. The second-order valence-corrected chi connectivity index (χ2v) is 3.37. The van der Waals surface area contributed by atoms with Crippen molar-refractivity contribution in [3.63, 3.8) is 0 Å². The fourth-order valence-electron chi connectivity index (χ4n) is 0.295. The lowest BCUT2D eigenvalue weighted by Crippen LogP contribution is -2.28. The van der Waals surface area contributed by atoms with Crippen molar-refractivity contribution < 1.29 is 23.2 Å². The zero-order valence-corrected chi connectivity index (χ0v) is 6.67. The third-order valence-electron chi connectivity index (χ3n) is 0.636. The predicted octanol–water partition coefficient (Wildman–Crippen LogP) is -1.55. The molecule has 0 amide bonds. The molecule has 0 bridgehead atoms. The fourth-order valence-corrected chi connectivity index (χ4v) is 0.763. The number of carboxylic acid groups (broad SMARTS) is 1. The molecule has 68 valence electrons. The Balaban J connectivity index is 3.79. The van der Waals surface area contributed by atoms with Gasteiger partial charge >= 0.3 is 5.97 Å². The third-order valence-corrected chi connectivity index (χ3v) is 1.52. The van der Waals surface area contributed by atoms with E-state index in [-0.39, 0.29) is 0 Å². The Morgan fingerprint density at radius 1 is 1.67 bits per heavy atom. The van der Waals surface area contributed by atoms with Gasteiger partial charge in [0.05, 0.1) is 6.07 Å². The standard InChI is InChI=1S/C4H6N2O5S/c5-1-2-12(9,10)6-11-3-4(7)8/h6H,2-3H2,(H,7,8). The Bertz CT molecular complexity index is 289. The Morgan fingerprint density at radius 3 is 2.67 bits per heavy atom. The topological polar surface area (TPSA) is 116 Å². The average Bonchev–Trinajstić information content (AvgIpc) is 1.85. The number of nitriles is 1. The Labute approximate surface area is 68.6 Å². The number of aliphatic carboxylic acids is 1. The lowest BCUT2D eigenvalue weighted by molar-refractivity contribution is -0.143. The van der Waals surface area contributed by atoms with Crippen molar-refractivity contribution in [1.82, 2.24) is 4.89 Å². The highest BCUT2D eigenvalue weighted by Gasteiger charge is 2.09. The van der Waals surface area contributed by atoms with E-state index in [0.717, 1.165) is 0 Å². The SMILES string of the molecule is N#CCS(=O)(=O)NOCC(=O)O. The third kappa shape index (κ3) is 5.60. The summed E-state index contributed by atoms with van der Waals surface area (Å²) in [5.74, 6) is -2.08. The number of sulfonamides is 1. The van der Waals surface area contributed by atoms with Gasteiger partial charge in [-0.15, -0.1) is 0 Å². The van der Waals surface area contributed by atoms with Crippen LogP contribution in [0.3, 0.4) is 0 Å². The molecule has 0 atom stereocenters. The molecule has 0 aromatic heterocycles. The van der Waals surface area contributed by atoms with Gasteiger partial charge in [0.25, 0.3) is 0 Å². The molecule has 0 aromatic rings. The van der Waals surface area contributed by atoms with Crippen LogP contribution in [-0.2, 0) is 19.7 Å². The van der Waals surface area contributed by atoms with Crippen LogP contribution in [0.2, 0.25) is 0 Å². The van der Waals surface area contributed by atoms with Crippen LogP contribution in [0.25, 0.3) is 0 Å². The summed E-state index contributed by atoms with van der Waals surface area (Å²) in [5, 5.41) is 16.0. The van der Waals surface area contributed by atoms with E-state index in [0.29, 0.717) is 0 Å². The van der Waals surface area contributed by atoms with Crippen molar-refractivity contribution in [3.05, 3.63) is 0 Å². The molecule has 0 aromatic carbocycles. The van der Waals surface area contributed by atoms with E-state index < -0.39 is 28.4 Å². The molecule has 0 aliphatic heterocycles. The minimum absolute atomic E-state index is 0.771. The van der Waals surface area contributed by atoms with Crippen LogP contribution in [0.15, 0.2) is 0 Å². The van der Waals surface area contributed by atoms with E-state index in [1.54, 1.807) is 0 Å². The molecule has 0 unspecified atom stereocenters. The predicted molar refractivity (Wildman–Crippen MR) is 36.1 cm³/mol. The number of hydrogen-bond acceptors (Lipinski definition) is 5. The van der Waals surface area contributed by atoms with Gasteiger partial charge in [-0.05, 0) is 0 Å². The van der Waals surface area contributed by atoms with Crippen LogP contribution in [-0.4, -0.2) is 31.9 Å². The molecule has 7 nitrogen and oxygen atoms in total. The molecule has 0 aliphatic rings. The number of hydrogen-bond donors (Lipinski definition) is 2. The van der Waals surface area contributed by atoms with Gasteiger partial charge in [-0.1, -0.05) is 4.89 Å². The van der Waals surface area contributed by atoms with Gasteiger partial charge in [0.2, 0.25) is 10.0 Å². The van der Waals surface area contributed by atoms with E-state index >= 15 is 0 Å². The first kappa shape index (κ1) is 10.8. The van der Waals surface area contributed by atoms with E-state index in [4.69, 9.17) is 10.4 Å². The number of nitrogens with zero attached hydrogens (tertiary/aromatic N) is 1. The molecule has 0 radical (unpaired) electrons. The van der Waals surface area contributed by atoms with Crippen molar-refractivity contribution >= 4 is 16.0 Å². The lowest BCUT2D eigenvalue weighted by atomic mass is 10.8. The number of carboxylic acids is 1. The van der Waals surface area contributed by atoms with E-state index in [1.807, 2.05) is 0 Å². The highest BCUT2D eigenvalue weighted by Crippen LogP contribution is 1.81. The van der Waals surface area contributed by atoms with Crippen LogP contribution in [0.4, 0.5) is 0 Å². The molecule has 0 heterocycles. The number of carbonyl (C=O) groups is 1. The molecule has 8 heteroatoms. The van der Waals surface area contributed by atoms with E-state index in [1.165, 1.54) is 11.0 Å². The average molecular weight is 194 g/mol. The second-order valence-electron chi connectivity index (χ2n) is 1.68. The van der Waals surface area contributed by atoms with E-state index in [2.05, 4.69) is 4.84 Å². The maximum atomic E-state index is 10.6. The Morgan fingerprint density at radius 2 is 2.25 bits per heavy atom. The minimum atomic E-state index is -3.82. The molecule has 2 N–H and O–H groups in total. The molecule has 0 aliphatic carbocycles. The highest BCUT2D eigenvalue weighted by atomic mass is 32.2. The molecule has 0 spiro atoms. The van der Waals surface area contributed by atoms with E-state index in [9.17, 15) is 13.2 Å². The van der Waals surface area contributed by atoms with Gasteiger partial charge in [-0.2, -0.15) is 5.26 Å². The smallest absolute Gasteiger partial charge is 0.331 e. The first-order chi connectivity index (χ1) is 5.48. The molecule has 12 heavy (non-hydrogen) atoms. The quantitative estimate of drug-likeness (QED) is 0.511.